The van der Waals surface area contributed by atoms with Crippen LogP contribution in [0.1, 0.15) is 29.0 Å². The number of likely N-dealkylation sites (tertiary alicyclic amines) is 1. The van der Waals surface area contributed by atoms with Crippen LogP contribution in [-0.2, 0) is 16.0 Å². The lowest BCUT2D eigenvalue weighted by atomic mass is 10.1. The summed E-state index contributed by atoms with van der Waals surface area (Å²) in [5.41, 5.74) is 1.43. The molecule has 0 aliphatic carbocycles. The Kier molecular flexibility index (Phi) is 6.18. The predicted octanol–water partition coefficient (Wildman–Crippen LogP) is 1.62. The van der Waals surface area contributed by atoms with E-state index in [4.69, 9.17) is 9.26 Å². The summed E-state index contributed by atoms with van der Waals surface area (Å²) in [6.07, 6.45) is 2.63. The number of benzene rings is 1. The van der Waals surface area contributed by atoms with Gasteiger partial charge in [0, 0.05) is 51.3 Å². The lowest BCUT2D eigenvalue weighted by molar-refractivity contribution is -0.133. The van der Waals surface area contributed by atoms with Gasteiger partial charge in [-0.3, -0.25) is 9.59 Å². The molecule has 1 aliphatic heterocycles. The van der Waals surface area contributed by atoms with Gasteiger partial charge in [-0.2, -0.15) is 4.98 Å². The first-order valence-corrected chi connectivity index (χ1v) is 9.03. The number of carbonyl (C=O) groups excluding carboxylic acids is 2. The van der Waals surface area contributed by atoms with E-state index < -0.39 is 0 Å². The molecule has 27 heavy (non-hydrogen) atoms. The molecule has 1 saturated heterocycles. The highest BCUT2D eigenvalue weighted by Crippen LogP contribution is 2.20. The van der Waals surface area contributed by atoms with Crippen molar-refractivity contribution in [2.45, 2.75) is 19.3 Å². The molecular formula is C19H24N4O4. The van der Waals surface area contributed by atoms with Gasteiger partial charge in [0.2, 0.25) is 5.91 Å². The van der Waals surface area contributed by atoms with Crippen molar-refractivity contribution >= 4 is 11.8 Å². The fourth-order valence-electron chi connectivity index (χ4n) is 2.96. The summed E-state index contributed by atoms with van der Waals surface area (Å²) in [7, 11) is 3.19. The first-order valence-electron chi connectivity index (χ1n) is 9.03. The van der Waals surface area contributed by atoms with Crippen molar-refractivity contribution in [3.8, 4) is 11.5 Å². The third-order valence-electron chi connectivity index (χ3n) is 4.60. The van der Waals surface area contributed by atoms with Gasteiger partial charge < -0.3 is 19.1 Å². The number of likely N-dealkylation sites (N-methyl/N-ethyl adjacent to an activating group) is 1. The number of nitrogens with zero attached hydrogens (tertiary/aromatic N) is 4. The van der Waals surface area contributed by atoms with Crippen LogP contribution in [0.15, 0.2) is 28.8 Å². The Bertz CT molecular complexity index is 781. The van der Waals surface area contributed by atoms with E-state index in [9.17, 15) is 9.59 Å². The van der Waals surface area contributed by atoms with Crippen molar-refractivity contribution in [2.24, 2.45) is 0 Å². The number of aromatic nitrogens is 2. The molecule has 0 saturated carbocycles. The monoisotopic (exact) mass is 372 g/mol. The fraction of sp³-hybridized carbons (Fsp3) is 0.474. The van der Waals surface area contributed by atoms with Crippen LogP contribution in [0.25, 0.3) is 11.5 Å². The fourth-order valence-corrected chi connectivity index (χ4v) is 2.96. The molecule has 2 aromatic rings. The van der Waals surface area contributed by atoms with Crippen LogP contribution in [0.2, 0.25) is 0 Å². The number of methoxy groups -OCH3 is 1. The molecule has 0 unspecified atom stereocenters. The van der Waals surface area contributed by atoms with Gasteiger partial charge in [0.25, 0.3) is 11.8 Å². The van der Waals surface area contributed by atoms with E-state index in [0.29, 0.717) is 30.2 Å². The predicted molar refractivity (Wildman–Crippen MR) is 98.1 cm³/mol. The molecule has 1 aromatic carbocycles. The van der Waals surface area contributed by atoms with E-state index in [-0.39, 0.29) is 18.4 Å². The third kappa shape index (κ3) is 4.71. The molecule has 0 atom stereocenters. The summed E-state index contributed by atoms with van der Waals surface area (Å²) in [4.78, 5) is 31.9. The van der Waals surface area contributed by atoms with Crippen molar-refractivity contribution in [3.63, 3.8) is 0 Å². The van der Waals surface area contributed by atoms with Crippen LogP contribution in [0.3, 0.4) is 0 Å². The van der Waals surface area contributed by atoms with Crippen LogP contribution in [0.4, 0.5) is 0 Å². The second-order valence-corrected chi connectivity index (χ2v) is 6.59. The molecule has 1 aromatic heterocycles. The number of ether oxygens (including phenoxy) is 1. The quantitative estimate of drug-likeness (QED) is 0.734. The molecule has 0 spiro atoms. The highest BCUT2D eigenvalue weighted by molar-refractivity contribution is 5.94. The molecule has 0 N–H and O–H groups in total. The highest BCUT2D eigenvalue weighted by atomic mass is 16.5. The molecule has 0 radical (unpaired) electrons. The van der Waals surface area contributed by atoms with E-state index >= 15 is 0 Å². The number of amides is 2. The zero-order valence-corrected chi connectivity index (χ0v) is 15.7. The molecule has 8 nitrogen and oxygen atoms in total. The summed E-state index contributed by atoms with van der Waals surface area (Å²) in [5, 5.41) is 3.96. The molecule has 1 fully saturated rings. The van der Waals surface area contributed by atoms with Gasteiger partial charge in [-0.25, -0.2) is 0 Å². The minimum Gasteiger partial charge on any atom is -0.375 e. The number of hydrogen-bond acceptors (Lipinski definition) is 6. The number of hydrogen-bond donors (Lipinski definition) is 0. The first-order chi connectivity index (χ1) is 13.1. The van der Waals surface area contributed by atoms with Crippen LogP contribution in [0, 0.1) is 0 Å². The Labute approximate surface area is 158 Å². The Balaban J connectivity index is 1.59. The highest BCUT2D eigenvalue weighted by Gasteiger charge is 2.19. The van der Waals surface area contributed by atoms with E-state index in [1.807, 2.05) is 17.0 Å². The maximum atomic E-state index is 12.4. The molecule has 0 bridgehead atoms. The number of rotatable bonds is 7. The maximum absolute atomic E-state index is 12.4. The minimum atomic E-state index is -0.0977. The summed E-state index contributed by atoms with van der Waals surface area (Å²) >= 11 is 0. The minimum absolute atomic E-state index is 0.0521. The normalized spacial score (nSPS) is 13.8. The Morgan fingerprint density at radius 2 is 1.93 bits per heavy atom. The summed E-state index contributed by atoms with van der Waals surface area (Å²) < 4.78 is 10.1. The van der Waals surface area contributed by atoms with Gasteiger partial charge in [-0.1, -0.05) is 5.16 Å². The molecular weight excluding hydrogens is 348 g/mol. The van der Waals surface area contributed by atoms with Crippen LogP contribution in [-0.4, -0.2) is 72.2 Å². The van der Waals surface area contributed by atoms with Crippen LogP contribution in [0.5, 0.6) is 0 Å². The van der Waals surface area contributed by atoms with Crippen molar-refractivity contribution in [1.82, 2.24) is 19.9 Å². The molecule has 144 valence electrons. The summed E-state index contributed by atoms with van der Waals surface area (Å²) in [5.74, 6) is 0.892. The lowest BCUT2D eigenvalue weighted by Gasteiger charge is -2.15. The maximum Gasteiger partial charge on any atom is 0.257 e. The van der Waals surface area contributed by atoms with Gasteiger partial charge >= 0.3 is 0 Å². The molecule has 8 heteroatoms. The summed E-state index contributed by atoms with van der Waals surface area (Å²) in [6, 6.07) is 7.21. The van der Waals surface area contributed by atoms with E-state index in [1.54, 1.807) is 24.1 Å². The van der Waals surface area contributed by atoms with E-state index in [2.05, 4.69) is 10.1 Å². The van der Waals surface area contributed by atoms with E-state index in [1.165, 1.54) is 7.11 Å². The first kappa shape index (κ1) is 19.0. The second-order valence-electron chi connectivity index (χ2n) is 6.59. The molecule has 1 aliphatic rings. The Morgan fingerprint density at radius 3 is 2.59 bits per heavy atom. The largest absolute Gasteiger partial charge is 0.375 e. The van der Waals surface area contributed by atoms with Gasteiger partial charge in [-0.15, -0.1) is 0 Å². The van der Waals surface area contributed by atoms with Crippen molar-refractivity contribution in [1.29, 1.82) is 0 Å². The van der Waals surface area contributed by atoms with Gasteiger partial charge in [0.05, 0.1) is 0 Å². The Morgan fingerprint density at radius 1 is 1.22 bits per heavy atom. The number of carbonyl (C=O) groups is 2. The SMILES string of the molecule is COCC(=O)N(C)CCc1noc(-c2ccc(C(=O)N3CCCC3)cc2)n1. The zero-order chi connectivity index (χ0) is 19.2. The van der Waals surface area contributed by atoms with Crippen molar-refractivity contribution in [3.05, 3.63) is 35.7 Å². The third-order valence-corrected chi connectivity index (χ3v) is 4.60. The second kappa shape index (κ2) is 8.77. The van der Waals surface area contributed by atoms with Crippen molar-refractivity contribution in [2.75, 3.05) is 40.4 Å². The standard InChI is InChI=1S/C19H24N4O4/c1-22(17(24)13-26-2)12-9-16-20-18(27-21-16)14-5-7-15(8-6-14)19(25)23-10-3-4-11-23/h5-8H,3-4,9-13H2,1-2H3. The molecule has 2 heterocycles. The van der Waals surface area contributed by atoms with Gasteiger partial charge in [0.15, 0.2) is 5.82 Å². The lowest BCUT2D eigenvalue weighted by Crippen LogP contribution is -2.31. The topological polar surface area (TPSA) is 88.8 Å². The molecule has 3 rings (SSSR count). The van der Waals surface area contributed by atoms with E-state index in [0.717, 1.165) is 31.5 Å². The smallest absolute Gasteiger partial charge is 0.257 e. The van der Waals surface area contributed by atoms with Crippen molar-refractivity contribution < 1.29 is 18.8 Å². The van der Waals surface area contributed by atoms with Gasteiger partial charge in [-0.05, 0) is 37.1 Å². The Hall–Kier alpha value is -2.74. The average Bonchev–Trinajstić information content (AvgIpc) is 3.38. The average molecular weight is 372 g/mol. The summed E-state index contributed by atoms with van der Waals surface area (Å²) in [6.45, 7) is 2.19. The van der Waals surface area contributed by atoms with Crippen LogP contribution < -0.4 is 0 Å². The van der Waals surface area contributed by atoms with Crippen LogP contribution >= 0.6 is 0 Å². The molecule has 2 amide bonds. The zero-order valence-electron chi connectivity index (χ0n) is 15.7. The van der Waals surface area contributed by atoms with Gasteiger partial charge in [0.1, 0.15) is 6.61 Å².